The van der Waals surface area contributed by atoms with E-state index < -0.39 is 0 Å². The Balaban J connectivity index is 1.90. The Bertz CT molecular complexity index is 179. The maximum absolute atomic E-state index is 3.51. The highest BCUT2D eigenvalue weighted by Gasteiger charge is 2.33. The summed E-state index contributed by atoms with van der Waals surface area (Å²) in [6.07, 6.45) is 2.94. The summed E-state index contributed by atoms with van der Waals surface area (Å²) in [7, 11) is 2.32. The molecule has 1 saturated carbocycles. The zero-order chi connectivity index (χ0) is 10.1. The second-order valence-corrected chi connectivity index (χ2v) is 5.49. The second kappa shape index (κ2) is 4.19. The van der Waals surface area contributed by atoms with E-state index >= 15 is 0 Å². The van der Waals surface area contributed by atoms with Gasteiger partial charge < -0.3 is 10.2 Å². The van der Waals surface area contributed by atoms with Gasteiger partial charge in [-0.25, -0.2) is 0 Å². The van der Waals surface area contributed by atoms with Crippen molar-refractivity contribution in [2.24, 2.45) is 17.8 Å². The van der Waals surface area contributed by atoms with Crippen LogP contribution in [0.3, 0.4) is 0 Å². The molecule has 14 heavy (non-hydrogen) atoms. The predicted octanol–water partition coefficient (Wildman–Crippen LogP) is 1.57. The highest BCUT2D eigenvalue weighted by Crippen LogP contribution is 2.32. The third kappa shape index (κ3) is 2.29. The van der Waals surface area contributed by atoms with Crippen molar-refractivity contribution in [2.45, 2.75) is 32.7 Å². The van der Waals surface area contributed by atoms with E-state index in [-0.39, 0.29) is 0 Å². The standard InChI is InChI=1S/C12H24N2/c1-9-6-13-7-10(2)12(9)14(3)8-11-4-5-11/h9-13H,4-8H2,1-3H3. The predicted molar refractivity (Wildman–Crippen MR) is 60.3 cm³/mol. The molecular formula is C12H24N2. The minimum Gasteiger partial charge on any atom is -0.316 e. The number of nitrogens with zero attached hydrogens (tertiary/aromatic N) is 1. The average molecular weight is 196 g/mol. The van der Waals surface area contributed by atoms with Gasteiger partial charge in [-0.05, 0) is 50.7 Å². The van der Waals surface area contributed by atoms with Gasteiger partial charge in [-0.2, -0.15) is 0 Å². The van der Waals surface area contributed by atoms with Crippen molar-refractivity contribution in [1.29, 1.82) is 0 Å². The molecule has 1 N–H and O–H groups in total. The number of rotatable bonds is 3. The van der Waals surface area contributed by atoms with E-state index in [4.69, 9.17) is 0 Å². The lowest BCUT2D eigenvalue weighted by Gasteiger charge is -2.41. The zero-order valence-electron chi connectivity index (χ0n) is 9.79. The maximum Gasteiger partial charge on any atom is 0.0168 e. The molecule has 2 atom stereocenters. The molecule has 0 spiro atoms. The minimum absolute atomic E-state index is 0.803. The molecule has 1 aliphatic carbocycles. The first-order valence-corrected chi connectivity index (χ1v) is 6.09. The summed E-state index contributed by atoms with van der Waals surface area (Å²) in [5.41, 5.74) is 0. The Morgan fingerprint density at radius 3 is 2.21 bits per heavy atom. The van der Waals surface area contributed by atoms with Gasteiger partial charge in [-0.15, -0.1) is 0 Å². The van der Waals surface area contributed by atoms with E-state index in [1.165, 1.54) is 32.5 Å². The van der Waals surface area contributed by atoms with Gasteiger partial charge in [0.25, 0.3) is 0 Å². The molecule has 0 bridgehead atoms. The summed E-state index contributed by atoms with van der Waals surface area (Å²) < 4.78 is 0. The maximum atomic E-state index is 3.51. The monoisotopic (exact) mass is 196 g/mol. The van der Waals surface area contributed by atoms with Crippen LogP contribution >= 0.6 is 0 Å². The Labute approximate surface area is 88.1 Å². The van der Waals surface area contributed by atoms with E-state index in [0.717, 1.165) is 23.8 Å². The van der Waals surface area contributed by atoms with Crippen molar-refractivity contribution in [3.8, 4) is 0 Å². The first-order valence-electron chi connectivity index (χ1n) is 6.09. The van der Waals surface area contributed by atoms with Crippen molar-refractivity contribution in [3.63, 3.8) is 0 Å². The minimum atomic E-state index is 0.803. The number of hydrogen-bond donors (Lipinski definition) is 1. The number of hydrogen-bond acceptors (Lipinski definition) is 2. The van der Waals surface area contributed by atoms with E-state index in [0.29, 0.717) is 0 Å². The molecule has 0 aromatic heterocycles. The summed E-state index contributed by atoms with van der Waals surface area (Å²) in [6.45, 7) is 8.50. The second-order valence-electron chi connectivity index (χ2n) is 5.49. The quantitative estimate of drug-likeness (QED) is 0.737. The molecule has 1 saturated heterocycles. The molecule has 2 aliphatic rings. The molecule has 2 unspecified atom stereocenters. The molecular weight excluding hydrogens is 172 g/mol. The zero-order valence-corrected chi connectivity index (χ0v) is 9.79. The van der Waals surface area contributed by atoms with Crippen LogP contribution in [-0.4, -0.2) is 37.6 Å². The topological polar surface area (TPSA) is 15.3 Å². The first-order chi connectivity index (χ1) is 6.68. The third-order valence-corrected chi connectivity index (χ3v) is 3.85. The van der Waals surface area contributed by atoms with Crippen LogP contribution in [0.4, 0.5) is 0 Å². The highest BCUT2D eigenvalue weighted by molar-refractivity contribution is 4.88. The summed E-state index contributed by atoms with van der Waals surface area (Å²) >= 11 is 0. The molecule has 2 nitrogen and oxygen atoms in total. The van der Waals surface area contributed by atoms with Crippen LogP contribution in [-0.2, 0) is 0 Å². The lowest BCUT2D eigenvalue weighted by Crippen LogP contribution is -2.52. The van der Waals surface area contributed by atoms with E-state index in [9.17, 15) is 0 Å². The summed E-state index contributed by atoms with van der Waals surface area (Å²) in [4.78, 5) is 2.62. The van der Waals surface area contributed by atoms with Crippen LogP contribution in [0.2, 0.25) is 0 Å². The molecule has 2 heteroatoms. The van der Waals surface area contributed by atoms with Crippen LogP contribution in [0.15, 0.2) is 0 Å². The van der Waals surface area contributed by atoms with Crippen molar-refractivity contribution in [2.75, 3.05) is 26.7 Å². The van der Waals surface area contributed by atoms with E-state index in [1.807, 2.05) is 0 Å². The largest absolute Gasteiger partial charge is 0.316 e. The number of nitrogens with one attached hydrogen (secondary N) is 1. The average Bonchev–Trinajstić information content (AvgIpc) is 2.87. The smallest absolute Gasteiger partial charge is 0.0168 e. The van der Waals surface area contributed by atoms with Gasteiger partial charge in [0, 0.05) is 12.6 Å². The summed E-state index contributed by atoms with van der Waals surface area (Å²) in [6, 6.07) is 0.803. The van der Waals surface area contributed by atoms with Gasteiger partial charge in [-0.3, -0.25) is 0 Å². The van der Waals surface area contributed by atoms with E-state index in [1.54, 1.807) is 0 Å². The third-order valence-electron chi connectivity index (χ3n) is 3.85. The van der Waals surface area contributed by atoms with Gasteiger partial charge in [0.15, 0.2) is 0 Å². The fourth-order valence-electron chi connectivity index (χ4n) is 3.04. The van der Waals surface area contributed by atoms with Crippen molar-refractivity contribution in [3.05, 3.63) is 0 Å². The lowest BCUT2D eigenvalue weighted by molar-refractivity contribution is 0.0985. The van der Waals surface area contributed by atoms with Crippen LogP contribution in [0.25, 0.3) is 0 Å². The van der Waals surface area contributed by atoms with Gasteiger partial charge in [0.1, 0.15) is 0 Å². The van der Waals surface area contributed by atoms with Gasteiger partial charge >= 0.3 is 0 Å². The Kier molecular flexibility index (Phi) is 3.13. The lowest BCUT2D eigenvalue weighted by atomic mass is 9.86. The first kappa shape index (κ1) is 10.4. The molecule has 0 radical (unpaired) electrons. The SMILES string of the molecule is CC1CNCC(C)C1N(C)CC1CC1. The van der Waals surface area contributed by atoms with Gasteiger partial charge in [0.2, 0.25) is 0 Å². The van der Waals surface area contributed by atoms with Gasteiger partial charge in [-0.1, -0.05) is 13.8 Å². The summed E-state index contributed by atoms with van der Waals surface area (Å²) in [5, 5.41) is 3.51. The molecule has 0 amide bonds. The molecule has 0 aromatic rings. The molecule has 0 aromatic carbocycles. The van der Waals surface area contributed by atoms with Crippen LogP contribution in [0, 0.1) is 17.8 Å². The molecule has 2 fully saturated rings. The summed E-state index contributed by atoms with van der Waals surface area (Å²) in [5.74, 6) is 2.64. The fourth-order valence-corrected chi connectivity index (χ4v) is 3.04. The Hall–Kier alpha value is -0.0800. The van der Waals surface area contributed by atoms with Crippen molar-refractivity contribution in [1.82, 2.24) is 10.2 Å². The molecule has 2 rings (SSSR count). The molecule has 1 aliphatic heterocycles. The molecule has 1 heterocycles. The van der Waals surface area contributed by atoms with E-state index in [2.05, 4.69) is 31.1 Å². The van der Waals surface area contributed by atoms with Gasteiger partial charge in [0.05, 0.1) is 0 Å². The Morgan fingerprint density at radius 2 is 1.71 bits per heavy atom. The number of piperidine rings is 1. The van der Waals surface area contributed by atoms with Crippen molar-refractivity contribution >= 4 is 0 Å². The Morgan fingerprint density at radius 1 is 1.14 bits per heavy atom. The normalized spacial score (nSPS) is 39.0. The van der Waals surface area contributed by atoms with Crippen molar-refractivity contribution < 1.29 is 0 Å². The fraction of sp³-hybridized carbons (Fsp3) is 1.00. The molecule has 82 valence electrons. The van der Waals surface area contributed by atoms with Crippen LogP contribution in [0.5, 0.6) is 0 Å². The van der Waals surface area contributed by atoms with Crippen LogP contribution < -0.4 is 5.32 Å². The highest BCUT2D eigenvalue weighted by atomic mass is 15.2. The van der Waals surface area contributed by atoms with Crippen LogP contribution in [0.1, 0.15) is 26.7 Å².